The van der Waals surface area contributed by atoms with Crippen molar-refractivity contribution in [3.63, 3.8) is 0 Å². The molecule has 1 unspecified atom stereocenters. The van der Waals surface area contributed by atoms with Crippen molar-refractivity contribution in [3.8, 4) is 11.5 Å². The van der Waals surface area contributed by atoms with Gasteiger partial charge in [0.25, 0.3) is 0 Å². The van der Waals surface area contributed by atoms with Gasteiger partial charge in [0, 0.05) is 28.6 Å². The minimum atomic E-state index is -0.857. The van der Waals surface area contributed by atoms with E-state index in [1.165, 1.54) is 0 Å². The number of carbonyl (C=O) groups excluding carboxylic acids is 2. The molecule has 4 nitrogen and oxygen atoms in total. The molecule has 0 bridgehead atoms. The highest BCUT2D eigenvalue weighted by molar-refractivity contribution is 6.61. The van der Waals surface area contributed by atoms with E-state index in [0.29, 0.717) is 17.4 Å². The number of carbonyl (C=O) groups is 2. The van der Waals surface area contributed by atoms with E-state index in [-0.39, 0.29) is 10.8 Å². The van der Waals surface area contributed by atoms with Crippen molar-refractivity contribution < 1.29 is 19.1 Å². The lowest BCUT2D eigenvalue weighted by molar-refractivity contribution is 0.127. The molecular weight excluding hydrogens is 411 g/mol. The molecule has 1 atom stereocenters. The monoisotopic (exact) mass is 434 g/mol. The quantitative estimate of drug-likeness (QED) is 0.473. The summed E-state index contributed by atoms with van der Waals surface area (Å²) in [5, 5.41) is 0. The highest BCUT2D eigenvalue weighted by Crippen LogP contribution is 2.53. The second-order valence-corrected chi connectivity index (χ2v) is 9.28. The van der Waals surface area contributed by atoms with E-state index in [9.17, 15) is 9.59 Å². The highest BCUT2D eigenvalue weighted by Gasteiger charge is 2.45. The largest absolute Gasteiger partial charge is 0.415 e. The van der Waals surface area contributed by atoms with Gasteiger partial charge in [0.2, 0.25) is 0 Å². The maximum atomic E-state index is 11.0. The number of hydrogen-bond donors (Lipinski definition) is 0. The smallest absolute Gasteiger partial charge is 0.409 e. The third kappa shape index (κ3) is 5.12. The molecule has 0 amide bonds. The minimum Gasteiger partial charge on any atom is -0.415 e. The fourth-order valence-corrected chi connectivity index (χ4v) is 5.23. The molecule has 0 saturated heterocycles. The standard InChI is InChI=1S/C23H24Cl2O4/c1-15-12-22(2,3)14-23(13-15,16-4-8-18(9-5-16)28-20(24)26)17-6-10-19(11-7-17)29-21(25)27/h4-11,15H,12-14H2,1-3H3. The van der Waals surface area contributed by atoms with Gasteiger partial charge in [-0.3, -0.25) is 0 Å². The summed E-state index contributed by atoms with van der Waals surface area (Å²) in [5.74, 6) is 1.35. The van der Waals surface area contributed by atoms with E-state index in [4.69, 9.17) is 32.7 Å². The summed E-state index contributed by atoms with van der Waals surface area (Å²) in [6, 6.07) is 15.1. The Balaban J connectivity index is 2.05. The van der Waals surface area contributed by atoms with Crippen LogP contribution in [0.3, 0.4) is 0 Å². The first-order valence-corrected chi connectivity index (χ1v) is 10.3. The molecule has 0 spiro atoms. The zero-order valence-corrected chi connectivity index (χ0v) is 18.2. The molecule has 0 heterocycles. The summed E-state index contributed by atoms with van der Waals surface area (Å²) >= 11 is 10.6. The molecule has 0 radical (unpaired) electrons. The Bertz CT molecular complexity index is 829. The zero-order chi connectivity index (χ0) is 21.2. The second-order valence-electron chi connectivity index (χ2n) is 8.66. The maximum Gasteiger partial charge on any atom is 0.409 e. The normalized spacial score (nSPS) is 20.0. The van der Waals surface area contributed by atoms with Crippen molar-refractivity contribution in [3.05, 3.63) is 59.7 Å². The molecule has 3 rings (SSSR count). The average molecular weight is 435 g/mol. The van der Waals surface area contributed by atoms with E-state index in [1.807, 2.05) is 24.3 Å². The third-order valence-electron chi connectivity index (χ3n) is 5.59. The Morgan fingerprint density at radius 2 is 1.24 bits per heavy atom. The lowest BCUT2D eigenvalue weighted by atomic mass is 9.55. The number of benzene rings is 2. The molecule has 6 heteroatoms. The van der Waals surface area contributed by atoms with Crippen LogP contribution < -0.4 is 9.47 Å². The third-order valence-corrected chi connectivity index (χ3v) is 5.74. The second kappa shape index (κ2) is 8.37. The van der Waals surface area contributed by atoms with Crippen LogP contribution in [-0.2, 0) is 5.41 Å². The minimum absolute atomic E-state index is 0.153. The van der Waals surface area contributed by atoms with E-state index in [2.05, 4.69) is 20.8 Å². The molecule has 1 aliphatic rings. The molecule has 29 heavy (non-hydrogen) atoms. The number of ether oxygens (including phenoxy) is 2. The van der Waals surface area contributed by atoms with Crippen LogP contribution in [-0.4, -0.2) is 10.9 Å². The molecule has 1 fully saturated rings. The van der Waals surface area contributed by atoms with Gasteiger partial charge in [0.1, 0.15) is 11.5 Å². The highest BCUT2D eigenvalue weighted by atomic mass is 35.5. The first kappa shape index (κ1) is 21.7. The van der Waals surface area contributed by atoms with Crippen LogP contribution in [0.1, 0.15) is 51.2 Å². The first-order chi connectivity index (χ1) is 13.6. The van der Waals surface area contributed by atoms with E-state index in [0.717, 1.165) is 30.4 Å². The van der Waals surface area contributed by atoms with Gasteiger partial charge < -0.3 is 9.47 Å². The maximum absolute atomic E-state index is 11.0. The summed E-state index contributed by atoms with van der Waals surface area (Å²) in [6.07, 6.45) is 3.10. The van der Waals surface area contributed by atoms with Gasteiger partial charge in [-0.1, -0.05) is 45.0 Å². The van der Waals surface area contributed by atoms with Crippen molar-refractivity contribution in [2.24, 2.45) is 11.3 Å². The van der Waals surface area contributed by atoms with Gasteiger partial charge >= 0.3 is 10.9 Å². The van der Waals surface area contributed by atoms with Crippen LogP contribution in [0.25, 0.3) is 0 Å². The van der Waals surface area contributed by atoms with Crippen LogP contribution in [0.15, 0.2) is 48.5 Å². The Labute approximate surface area is 181 Å². The van der Waals surface area contributed by atoms with Crippen LogP contribution in [0.4, 0.5) is 9.59 Å². The van der Waals surface area contributed by atoms with E-state index < -0.39 is 10.9 Å². The molecule has 2 aromatic carbocycles. The molecule has 0 N–H and O–H groups in total. The Morgan fingerprint density at radius 1 is 0.828 bits per heavy atom. The van der Waals surface area contributed by atoms with Gasteiger partial charge in [0.15, 0.2) is 0 Å². The first-order valence-electron chi connectivity index (χ1n) is 9.55. The van der Waals surface area contributed by atoms with Crippen molar-refractivity contribution in [2.45, 2.75) is 45.4 Å². The molecule has 0 aromatic heterocycles. The lowest BCUT2D eigenvalue weighted by Gasteiger charge is -2.48. The lowest BCUT2D eigenvalue weighted by Crippen LogP contribution is -2.41. The predicted octanol–water partition coefficient (Wildman–Crippen LogP) is 7.29. The molecule has 2 aromatic rings. The van der Waals surface area contributed by atoms with Gasteiger partial charge in [0.05, 0.1) is 0 Å². The number of hydrogen-bond acceptors (Lipinski definition) is 4. The van der Waals surface area contributed by atoms with Crippen LogP contribution in [0, 0.1) is 11.3 Å². The van der Waals surface area contributed by atoms with Gasteiger partial charge in [-0.2, -0.15) is 0 Å². The summed E-state index contributed by atoms with van der Waals surface area (Å²) in [5.41, 5.74) is 0.518. The Hall–Kier alpha value is -2.04. The van der Waals surface area contributed by atoms with E-state index >= 15 is 0 Å². The SMILES string of the molecule is CC1CC(C)(C)CC(c2ccc(OC(=O)Cl)cc2)(c2ccc(OC(=O)Cl)cc2)C1. The van der Waals surface area contributed by atoms with E-state index in [1.54, 1.807) is 24.3 Å². The van der Waals surface area contributed by atoms with Gasteiger partial charge in [-0.15, -0.1) is 0 Å². The van der Waals surface area contributed by atoms with Crippen molar-refractivity contribution >= 4 is 34.1 Å². The Kier molecular flexibility index (Phi) is 6.25. The molecule has 1 aliphatic carbocycles. The van der Waals surface area contributed by atoms with Gasteiger partial charge in [-0.05, 0) is 66.0 Å². The van der Waals surface area contributed by atoms with Gasteiger partial charge in [-0.25, -0.2) is 9.59 Å². The van der Waals surface area contributed by atoms with Crippen molar-refractivity contribution in [2.75, 3.05) is 0 Å². The summed E-state index contributed by atoms with van der Waals surface area (Å²) in [7, 11) is 0. The Morgan fingerprint density at radius 3 is 1.59 bits per heavy atom. The number of rotatable bonds is 4. The number of halogens is 2. The van der Waals surface area contributed by atoms with Crippen molar-refractivity contribution in [1.29, 1.82) is 0 Å². The van der Waals surface area contributed by atoms with Crippen LogP contribution in [0.5, 0.6) is 11.5 Å². The zero-order valence-electron chi connectivity index (χ0n) is 16.7. The molecular formula is C23H24Cl2O4. The average Bonchev–Trinajstić information content (AvgIpc) is 2.60. The van der Waals surface area contributed by atoms with Crippen LogP contribution in [0.2, 0.25) is 0 Å². The topological polar surface area (TPSA) is 52.6 Å². The fraction of sp³-hybridized carbons (Fsp3) is 0.391. The predicted molar refractivity (Wildman–Crippen MR) is 114 cm³/mol. The molecule has 1 saturated carbocycles. The summed E-state index contributed by atoms with van der Waals surface area (Å²) < 4.78 is 9.95. The van der Waals surface area contributed by atoms with Crippen LogP contribution >= 0.6 is 23.2 Å². The molecule has 154 valence electrons. The summed E-state index contributed by atoms with van der Waals surface area (Å²) in [4.78, 5) is 22.0. The fourth-order valence-electron chi connectivity index (χ4n) is 5.05. The van der Waals surface area contributed by atoms with Crippen molar-refractivity contribution in [1.82, 2.24) is 0 Å². The molecule has 0 aliphatic heterocycles. The summed E-state index contributed by atoms with van der Waals surface area (Å²) in [6.45, 7) is 6.87.